The van der Waals surface area contributed by atoms with Crippen LogP contribution in [0.1, 0.15) is 31.7 Å². The zero-order valence-corrected chi connectivity index (χ0v) is 14.0. The summed E-state index contributed by atoms with van der Waals surface area (Å²) >= 11 is 0. The lowest BCUT2D eigenvalue weighted by molar-refractivity contribution is -0.137. The van der Waals surface area contributed by atoms with Crippen LogP contribution in [0.4, 0.5) is 23.7 Å². The first-order valence-electron chi connectivity index (χ1n) is 8.29. The highest BCUT2D eigenvalue weighted by molar-refractivity contribution is 5.89. The summed E-state index contributed by atoms with van der Waals surface area (Å²) in [4.78, 5) is 25.2. The van der Waals surface area contributed by atoms with E-state index in [0.717, 1.165) is 25.0 Å². The number of halogens is 3. The minimum absolute atomic E-state index is 0.0219. The van der Waals surface area contributed by atoms with E-state index in [9.17, 15) is 22.8 Å². The number of nitrogens with zero attached hydrogens (tertiary/aromatic N) is 1. The standard InChI is InChI=1S/C17H22F3N3O2/c1-2-15(24)21-10-12-4-3-9-23(11-12)16(25)22-14-7-5-13(6-8-14)17(18,19)20/h5-8,12H,2-4,9-11H2,1H3,(H,21,24)(H,22,25). The van der Waals surface area contributed by atoms with Gasteiger partial charge in [-0.1, -0.05) is 6.92 Å². The Hall–Kier alpha value is -2.25. The summed E-state index contributed by atoms with van der Waals surface area (Å²) in [5.41, 5.74) is -0.436. The molecule has 1 aromatic rings. The molecule has 0 saturated carbocycles. The summed E-state index contributed by atoms with van der Waals surface area (Å²) < 4.78 is 37.6. The molecule has 2 rings (SSSR count). The number of likely N-dealkylation sites (tertiary alicyclic amines) is 1. The zero-order valence-electron chi connectivity index (χ0n) is 14.0. The molecule has 1 heterocycles. The number of carbonyl (C=O) groups is 2. The van der Waals surface area contributed by atoms with Crippen LogP contribution in [-0.4, -0.2) is 36.5 Å². The fourth-order valence-corrected chi connectivity index (χ4v) is 2.74. The van der Waals surface area contributed by atoms with Crippen molar-refractivity contribution >= 4 is 17.6 Å². The van der Waals surface area contributed by atoms with Gasteiger partial charge in [-0.25, -0.2) is 4.79 Å². The van der Waals surface area contributed by atoms with Gasteiger partial charge in [0.2, 0.25) is 5.91 Å². The van der Waals surface area contributed by atoms with Gasteiger partial charge in [-0.05, 0) is 43.0 Å². The molecule has 0 radical (unpaired) electrons. The van der Waals surface area contributed by atoms with Crippen molar-refractivity contribution in [3.63, 3.8) is 0 Å². The van der Waals surface area contributed by atoms with Gasteiger partial charge >= 0.3 is 12.2 Å². The van der Waals surface area contributed by atoms with Gasteiger partial charge in [-0.3, -0.25) is 4.79 Å². The highest BCUT2D eigenvalue weighted by Gasteiger charge is 2.30. The molecule has 1 aliphatic heterocycles. The lowest BCUT2D eigenvalue weighted by atomic mass is 9.98. The molecule has 1 atom stereocenters. The molecule has 1 unspecified atom stereocenters. The first kappa shape index (κ1) is 19.1. The predicted octanol–water partition coefficient (Wildman–Crippen LogP) is 3.48. The van der Waals surface area contributed by atoms with Crippen LogP contribution in [0.3, 0.4) is 0 Å². The number of piperidine rings is 1. The monoisotopic (exact) mass is 357 g/mol. The fourth-order valence-electron chi connectivity index (χ4n) is 2.74. The molecule has 1 aromatic carbocycles. The molecule has 0 aromatic heterocycles. The minimum atomic E-state index is -4.40. The zero-order chi connectivity index (χ0) is 18.4. The van der Waals surface area contributed by atoms with Gasteiger partial charge in [-0.2, -0.15) is 13.2 Å². The fraction of sp³-hybridized carbons (Fsp3) is 0.529. The summed E-state index contributed by atoms with van der Waals surface area (Å²) in [5, 5.41) is 5.45. The first-order chi connectivity index (χ1) is 11.8. The maximum Gasteiger partial charge on any atom is 0.416 e. The normalized spacial score (nSPS) is 17.9. The van der Waals surface area contributed by atoms with Crippen LogP contribution in [-0.2, 0) is 11.0 Å². The van der Waals surface area contributed by atoms with Crippen LogP contribution < -0.4 is 10.6 Å². The number of amides is 3. The molecule has 8 heteroatoms. The van der Waals surface area contributed by atoms with Crippen LogP contribution >= 0.6 is 0 Å². The Kier molecular flexibility index (Phi) is 6.27. The van der Waals surface area contributed by atoms with Crippen LogP contribution in [0.5, 0.6) is 0 Å². The Morgan fingerprint density at radius 1 is 1.24 bits per heavy atom. The molecule has 1 saturated heterocycles. The average molecular weight is 357 g/mol. The third-order valence-electron chi connectivity index (χ3n) is 4.18. The minimum Gasteiger partial charge on any atom is -0.356 e. The number of hydrogen-bond donors (Lipinski definition) is 2. The van der Waals surface area contributed by atoms with E-state index >= 15 is 0 Å². The second kappa shape index (κ2) is 8.22. The van der Waals surface area contributed by atoms with Crippen molar-refractivity contribution in [3.05, 3.63) is 29.8 Å². The Balaban J connectivity index is 1.88. The Morgan fingerprint density at radius 2 is 1.92 bits per heavy atom. The van der Waals surface area contributed by atoms with E-state index in [4.69, 9.17) is 0 Å². The first-order valence-corrected chi connectivity index (χ1v) is 8.29. The molecule has 138 valence electrons. The topological polar surface area (TPSA) is 61.4 Å². The molecule has 25 heavy (non-hydrogen) atoms. The summed E-state index contributed by atoms with van der Waals surface area (Å²) in [7, 11) is 0. The molecule has 0 spiro atoms. The summed E-state index contributed by atoms with van der Waals surface area (Å²) in [6.07, 6.45) is -2.22. The highest BCUT2D eigenvalue weighted by Crippen LogP contribution is 2.30. The summed E-state index contributed by atoms with van der Waals surface area (Å²) in [5.74, 6) is 0.161. The van der Waals surface area contributed by atoms with Crippen LogP contribution in [0.2, 0.25) is 0 Å². The van der Waals surface area contributed by atoms with E-state index in [2.05, 4.69) is 10.6 Å². The third kappa shape index (κ3) is 5.65. The van der Waals surface area contributed by atoms with Crippen LogP contribution in [0.25, 0.3) is 0 Å². The Labute approximate surface area is 144 Å². The van der Waals surface area contributed by atoms with Crippen molar-refractivity contribution in [3.8, 4) is 0 Å². The molecule has 2 N–H and O–H groups in total. The molecule has 0 aliphatic carbocycles. The van der Waals surface area contributed by atoms with Gasteiger partial charge < -0.3 is 15.5 Å². The quantitative estimate of drug-likeness (QED) is 0.867. The van der Waals surface area contributed by atoms with Gasteiger partial charge in [0.25, 0.3) is 0 Å². The second-order valence-corrected chi connectivity index (χ2v) is 6.12. The van der Waals surface area contributed by atoms with E-state index in [1.165, 1.54) is 12.1 Å². The van der Waals surface area contributed by atoms with E-state index in [1.54, 1.807) is 11.8 Å². The number of alkyl halides is 3. The molecule has 0 bridgehead atoms. The predicted molar refractivity (Wildman–Crippen MR) is 88.1 cm³/mol. The molecular formula is C17H22F3N3O2. The lowest BCUT2D eigenvalue weighted by Gasteiger charge is -2.32. The molecule has 5 nitrogen and oxygen atoms in total. The number of nitrogens with one attached hydrogen (secondary N) is 2. The number of urea groups is 1. The van der Waals surface area contributed by atoms with Crippen molar-refractivity contribution < 1.29 is 22.8 Å². The van der Waals surface area contributed by atoms with Crippen LogP contribution in [0, 0.1) is 5.92 Å². The van der Waals surface area contributed by atoms with Gasteiger partial charge in [-0.15, -0.1) is 0 Å². The largest absolute Gasteiger partial charge is 0.416 e. The Bertz CT molecular complexity index is 602. The lowest BCUT2D eigenvalue weighted by Crippen LogP contribution is -2.45. The molecule has 3 amide bonds. The van der Waals surface area contributed by atoms with E-state index in [-0.39, 0.29) is 17.9 Å². The summed E-state index contributed by atoms with van der Waals surface area (Å²) in [6, 6.07) is 4.02. The maximum atomic E-state index is 12.5. The molecular weight excluding hydrogens is 335 g/mol. The maximum absolute atomic E-state index is 12.5. The Morgan fingerprint density at radius 3 is 2.52 bits per heavy atom. The van der Waals surface area contributed by atoms with Crippen molar-refractivity contribution in [1.29, 1.82) is 0 Å². The number of benzene rings is 1. The number of hydrogen-bond acceptors (Lipinski definition) is 2. The number of carbonyl (C=O) groups excluding carboxylic acids is 2. The smallest absolute Gasteiger partial charge is 0.356 e. The number of rotatable bonds is 4. The van der Waals surface area contributed by atoms with E-state index in [1.807, 2.05) is 0 Å². The molecule has 1 fully saturated rings. The summed E-state index contributed by atoms with van der Waals surface area (Å²) in [6.45, 7) is 3.40. The molecule has 1 aliphatic rings. The van der Waals surface area contributed by atoms with Gasteiger partial charge in [0.1, 0.15) is 0 Å². The third-order valence-corrected chi connectivity index (χ3v) is 4.18. The van der Waals surface area contributed by atoms with Gasteiger partial charge in [0.05, 0.1) is 5.56 Å². The van der Waals surface area contributed by atoms with Gasteiger partial charge in [0.15, 0.2) is 0 Å². The van der Waals surface area contributed by atoms with Crippen molar-refractivity contribution in [2.45, 2.75) is 32.4 Å². The second-order valence-electron chi connectivity index (χ2n) is 6.12. The van der Waals surface area contributed by atoms with Crippen LogP contribution in [0.15, 0.2) is 24.3 Å². The van der Waals surface area contributed by atoms with Crippen molar-refractivity contribution in [2.75, 3.05) is 25.0 Å². The van der Waals surface area contributed by atoms with E-state index in [0.29, 0.717) is 31.7 Å². The van der Waals surface area contributed by atoms with Crippen molar-refractivity contribution in [1.82, 2.24) is 10.2 Å². The highest BCUT2D eigenvalue weighted by atomic mass is 19.4. The average Bonchev–Trinajstić information content (AvgIpc) is 2.59. The van der Waals surface area contributed by atoms with Gasteiger partial charge in [0, 0.05) is 31.7 Å². The van der Waals surface area contributed by atoms with Crippen molar-refractivity contribution in [2.24, 2.45) is 5.92 Å². The number of anilines is 1. The SMILES string of the molecule is CCC(=O)NCC1CCCN(C(=O)Nc2ccc(C(F)(F)F)cc2)C1. The van der Waals surface area contributed by atoms with E-state index < -0.39 is 11.7 Å².